The quantitative estimate of drug-likeness (QED) is 0.107. The number of ether oxygens (including phenoxy) is 2. The molecule has 1 unspecified atom stereocenters. The number of Topliss-reactive ketones (excluding diaryl/α,β-unsaturated/α-hetero) is 1. The average Bonchev–Trinajstić information content (AvgIpc) is 3.47. The van der Waals surface area contributed by atoms with Crippen LogP contribution in [0.3, 0.4) is 0 Å². The molecule has 1 N–H and O–H groups in total. The van der Waals surface area contributed by atoms with Gasteiger partial charge in [0.2, 0.25) is 5.60 Å². The monoisotopic (exact) mass is 694 g/mol. The summed E-state index contributed by atoms with van der Waals surface area (Å²) in [6.45, 7) is 11.0. The predicted molar refractivity (Wildman–Crippen MR) is 166 cm³/mol. The molecule has 2 aromatic heterocycles. The molecular weight excluding hydrogens is 658 g/mol. The number of benzene rings is 1. The number of halogens is 6. The van der Waals surface area contributed by atoms with E-state index in [0.717, 1.165) is 6.08 Å². The van der Waals surface area contributed by atoms with E-state index in [0.29, 0.717) is 37.3 Å². The molecule has 1 atom stereocenters. The number of nitrogens with one attached hydrogen (secondary N) is 1. The van der Waals surface area contributed by atoms with E-state index in [1.807, 2.05) is 0 Å². The number of allylic oxidation sites excluding steroid dienone is 1. The molecule has 0 saturated heterocycles. The van der Waals surface area contributed by atoms with E-state index in [9.17, 15) is 35.9 Å². The molecule has 0 aliphatic heterocycles. The van der Waals surface area contributed by atoms with Crippen molar-refractivity contribution in [3.05, 3.63) is 84.4 Å². The molecule has 1 aliphatic carbocycles. The van der Waals surface area contributed by atoms with Gasteiger partial charge in [-0.3, -0.25) is 10.1 Å². The maximum Gasteiger partial charge on any atom is 0.426 e. The van der Waals surface area contributed by atoms with E-state index in [2.05, 4.69) is 33.7 Å². The smallest absolute Gasteiger partial charge is 0.426 e. The molecule has 0 bridgehead atoms. The molecule has 264 valence electrons. The zero-order valence-corrected chi connectivity index (χ0v) is 27.1. The van der Waals surface area contributed by atoms with Crippen molar-refractivity contribution in [1.29, 1.82) is 0 Å². The Bertz CT molecular complexity index is 1680. The summed E-state index contributed by atoms with van der Waals surface area (Å²) in [4.78, 5) is 30.6. The van der Waals surface area contributed by atoms with Crippen LogP contribution in [0.4, 0.5) is 36.8 Å². The predicted octanol–water partition coefficient (Wildman–Crippen LogP) is 9.37. The summed E-state index contributed by atoms with van der Waals surface area (Å²) >= 11 is 0. The van der Waals surface area contributed by atoms with Gasteiger partial charge in [-0.25, -0.2) is 9.78 Å². The van der Waals surface area contributed by atoms with Crippen LogP contribution in [-0.4, -0.2) is 38.8 Å². The third kappa shape index (κ3) is 8.20. The molecule has 9 nitrogen and oxygen atoms in total. The maximum absolute atomic E-state index is 14.8. The highest BCUT2D eigenvalue weighted by atomic mass is 19.4. The lowest BCUT2D eigenvalue weighted by atomic mass is 9.62. The standard InChI is InChI=1S/C34H36F6N4O5/c1-6-8-16-31(17-12-18-31)26(45)24-22(33(35,36)37)19-23(41-29(46)49-30(3,4)5)25(42-24)27-43-44-28(48-27)32(15-7-2,34(38,39)40)47-20-21-13-10-9-11-14-21/h6-7,9-11,13-14,19H,1-2,8,12,15-18,20H2,3-5H3,(H,41,46). The van der Waals surface area contributed by atoms with Crippen LogP contribution in [0.5, 0.6) is 0 Å². The molecule has 1 saturated carbocycles. The number of hydrogen-bond donors (Lipinski definition) is 1. The fourth-order valence-corrected chi connectivity index (χ4v) is 5.39. The average molecular weight is 695 g/mol. The zero-order valence-electron chi connectivity index (χ0n) is 27.1. The highest BCUT2D eigenvalue weighted by Gasteiger charge is 2.61. The van der Waals surface area contributed by atoms with E-state index in [4.69, 9.17) is 13.9 Å². The van der Waals surface area contributed by atoms with Gasteiger partial charge in [0, 0.05) is 11.8 Å². The molecule has 1 fully saturated rings. The van der Waals surface area contributed by atoms with Crippen molar-refractivity contribution in [1.82, 2.24) is 15.2 Å². The molecule has 1 aliphatic rings. The molecule has 15 heteroatoms. The summed E-state index contributed by atoms with van der Waals surface area (Å²) in [6, 6.07) is 8.40. The van der Waals surface area contributed by atoms with Crippen LogP contribution >= 0.6 is 0 Å². The fraction of sp³-hybridized carbons (Fsp3) is 0.441. The van der Waals surface area contributed by atoms with Gasteiger partial charge in [-0.15, -0.1) is 23.4 Å². The lowest BCUT2D eigenvalue weighted by Crippen LogP contribution is -2.45. The zero-order chi connectivity index (χ0) is 36.3. The second-order valence-corrected chi connectivity index (χ2v) is 12.7. The maximum atomic E-state index is 14.8. The van der Waals surface area contributed by atoms with Crippen LogP contribution in [0, 0.1) is 5.41 Å². The Labute approximate surface area is 278 Å². The second-order valence-electron chi connectivity index (χ2n) is 12.7. The first kappa shape index (κ1) is 37.3. The van der Waals surface area contributed by atoms with Gasteiger partial charge in [-0.2, -0.15) is 26.3 Å². The first-order valence-corrected chi connectivity index (χ1v) is 15.3. The van der Waals surface area contributed by atoms with Crippen molar-refractivity contribution >= 4 is 17.6 Å². The highest BCUT2D eigenvalue weighted by Crippen LogP contribution is 2.50. The summed E-state index contributed by atoms with van der Waals surface area (Å²) in [5, 5.41) is 9.43. The van der Waals surface area contributed by atoms with Crippen molar-refractivity contribution in [2.24, 2.45) is 5.41 Å². The summed E-state index contributed by atoms with van der Waals surface area (Å²) in [7, 11) is 0. The van der Waals surface area contributed by atoms with Gasteiger partial charge in [-0.05, 0) is 58.1 Å². The number of anilines is 1. The number of pyridine rings is 1. The summed E-state index contributed by atoms with van der Waals surface area (Å²) in [5.41, 5.74) is -8.97. The van der Waals surface area contributed by atoms with Gasteiger partial charge < -0.3 is 13.9 Å². The molecule has 0 radical (unpaired) electrons. The third-order valence-electron chi connectivity index (χ3n) is 7.99. The lowest BCUT2D eigenvalue weighted by Gasteiger charge is -2.40. The van der Waals surface area contributed by atoms with Crippen molar-refractivity contribution in [3.63, 3.8) is 0 Å². The van der Waals surface area contributed by atoms with Gasteiger partial charge >= 0.3 is 18.4 Å². The third-order valence-corrected chi connectivity index (χ3v) is 7.99. The minimum atomic E-state index is -5.16. The Kier molecular flexibility index (Phi) is 10.8. The highest BCUT2D eigenvalue weighted by molar-refractivity contribution is 6.02. The summed E-state index contributed by atoms with van der Waals surface area (Å²) < 4.78 is 104. The Morgan fingerprint density at radius 3 is 2.22 bits per heavy atom. The van der Waals surface area contributed by atoms with Crippen LogP contribution < -0.4 is 5.32 Å². The Morgan fingerprint density at radius 2 is 1.69 bits per heavy atom. The number of rotatable bonds is 13. The van der Waals surface area contributed by atoms with E-state index in [1.165, 1.54) is 32.9 Å². The molecule has 3 aromatic rings. The SMILES string of the molecule is C=CCCC1(C(=O)c2nc(-c3nnc(C(CC=C)(OCc4ccccc4)C(F)(F)F)o3)c(NC(=O)OC(C)(C)C)cc2C(F)(F)F)CCC1. The van der Waals surface area contributed by atoms with Gasteiger partial charge in [0.1, 0.15) is 11.3 Å². The Balaban J connectivity index is 1.91. The molecule has 4 rings (SSSR count). The first-order chi connectivity index (χ1) is 22.9. The van der Waals surface area contributed by atoms with Gasteiger partial charge in [-0.1, -0.05) is 48.9 Å². The largest absolute Gasteiger partial charge is 0.444 e. The van der Waals surface area contributed by atoms with E-state index in [-0.39, 0.29) is 6.42 Å². The van der Waals surface area contributed by atoms with Crippen LogP contribution in [0.25, 0.3) is 11.6 Å². The van der Waals surface area contributed by atoms with E-state index in [1.54, 1.807) is 24.3 Å². The topological polar surface area (TPSA) is 116 Å². The van der Waals surface area contributed by atoms with Crippen LogP contribution in [-0.2, 0) is 27.9 Å². The van der Waals surface area contributed by atoms with Crippen LogP contribution in [0.2, 0.25) is 0 Å². The first-order valence-electron chi connectivity index (χ1n) is 15.3. The van der Waals surface area contributed by atoms with Crippen LogP contribution in [0.1, 0.15) is 86.8 Å². The van der Waals surface area contributed by atoms with E-state index >= 15 is 0 Å². The second kappa shape index (κ2) is 14.1. The van der Waals surface area contributed by atoms with Crippen molar-refractivity contribution in [2.75, 3.05) is 5.32 Å². The number of hydrogen-bond acceptors (Lipinski definition) is 8. The Hall–Kier alpha value is -4.53. The number of carbonyl (C=O) groups is 2. The summed E-state index contributed by atoms with van der Waals surface area (Å²) in [5.74, 6) is -2.84. The van der Waals surface area contributed by atoms with Crippen molar-refractivity contribution < 1.29 is 49.8 Å². The van der Waals surface area contributed by atoms with Crippen molar-refractivity contribution in [3.8, 4) is 11.6 Å². The normalized spacial score (nSPS) is 15.9. The Morgan fingerprint density at radius 1 is 1.02 bits per heavy atom. The van der Waals surface area contributed by atoms with Crippen LogP contribution in [0.15, 0.2) is 66.1 Å². The minimum Gasteiger partial charge on any atom is -0.444 e. The number of carbonyl (C=O) groups excluding carboxylic acids is 2. The van der Waals surface area contributed by atoms with Gasteiger partial charge in [0.05, 0.1) is 17.9 Å². The number of ketones is 1. The minimum absolute atomic E-state index is 0.209. The van der Waals surface area contributed by atoms with Crippen molar-refractivity contribution in [2.45, 2.75) is 89.5 Å². The van der Waals surface area contributed by atoms with Gasteiger partial charge in [0.15, 0.2) is 11.5 Å². The summed E-state index contributed by atoms with van der Waals surface area (Å²) in [6.07, 6.45) is -8.18. The molecule has 49 heavy (non-hydrogen) atoms. The number of aromatic nitrogens is 3. The molecule has 0 spiro atoms. The number of nitrogens with zero attached hydrogens (tertiary/aromatic N) is 3. The fourth-order valence-electron chi connectivity index (χ4n) is 5.39. The molecule has 1 aromatic carbocycles. The molecular formula is C34H36F6N4O5. The van der Waals surface area contributed by atoms with Gasteiger partial charge in [0.25, 0.3) is 11.8 Å². The lowest BCUT2D eigenvalue weighted by molar-refractivity contribution is -0.295. The number of alkyl halides is 6. The molecule has 1 amide bonds. The molecule has 2 heterocycles. The van der Waals surface area contributed by atoms with E-state index < -0.39 is 88.3 Å². The number of amides is 1.